The highest BCUT2D eigenvalue weighted by molar-refractivity contribution is 6.59. The van der Waals surface area contributed by atoms with Crippen molar-refractivity contribution >= 4 is 24.3 Å². The van der Waals surface area contributed by atoms with Crippen molar-refractivity contribution in [1.82, 2.24) is 0 Å². The molecule has 0 aliphatic carbocycles. The Morgan fingerprint density at radius 3 is 2.83 bits per heavy atom. The third-order valence-electron chi connectivity index (χ3n) is 1.16. The zero-order valence-corrected chi connectivity index (χ0v) is 6.55. The van der Waals surface area contributed by atoms with Crippen LogP contribution in [0.1, 0.15) is 0 Å². The number of rotatable bonds is 0. The Morgan fingerprint density at radius 1 is 1.67 bits per heavy atom. The van der Waals surface area contributed by atoms with Crippen molar-refractivity contribution in [2.75, 3.05) is 0 Å². The second-order valence-electron chi connectivity index (χ2n) is 1.76. The molecule has 0 unspecified atom stereocenters. The molecular weight excluding hydrogens is 104 g/mol. The molecule has 0 amide bonds. The summed E-state index contributed by atoms with van der Waals surface area (Å²) in [6.07, 6.45) is 0. The van der Waals surface area contributed by atoms with Gasteiger partial charge < -0.3 is 0 Å². The maximum atomic E-state index is 2.54. The Hall–Kier alpha value is 0.304. The molecule has 1 aliphatic rings. The summed E-state index contributed by atoms with van der Waals surface area (Å²) in [7, 11) is 1.29. The van der Waals surface area contributed by atoms with Gasteiger partial charge in [0.1, 0.15) is 0 Å². The lowest BCUT2D eigenvalue weighted by Gasteiger charge is -1.96. The van der Waals surface area contributed by atoms with Gasteiger partial charge in [0.25, 0.3) is 0 Å². The molecule has 0 saturated carbocycles. The highest BCUT2D eigenvalue weighted by Crippen LogP contribution is 1.91. The van der Waals surface area contributed by atoms with Gasteiger partial charge in [-0.05, 0) is 15.2 Å². The zero-order valence-electron chi connectivity index (χ0n) is 3.98. The molecule has 34 valence electrons. The van der Waals surface area contributed by atoms with Crippen LogP contribution in [-0.4, -0.2) is 24.3 Å². The van der Waals surface area contributed by atoms with Gasteiger partial charge >= 0.3 is 0 Å². The molecule has 6 heavy (non-hydrogen) atoms. The molecule has 0 spiro atoms. The molecule has 1 heterocycles. The van der Waals surface area contributed by atoms with Gasteiger partial charge in [0, 0.05) is 9.52 Å². The Bertz CT molecular complexity index is 50.6. The zero-order chi connectivity index (χ0) is 4.24. The average molecular weight is 114 g/mol. The first-order chi connectivity index (χ1) is 3.00. The lowest BCUT2D eigenvalue weighted by atomic mass is 10.9. The minimum absolute atomic E-state index is 0.474. The van der Waals surface area contributed by atoms with E-state index in [9.17, 15) is 0 Å². The second-order valence-corrected chi connectivity index (χ2v) is 5.27. The van der Waals surface area contributed by atoms with Gasteiger partial charge in [-0.2, -0.15) is 0 Å². The molecule has 0 radical (unpaired) electrons. The average Bonchev–Trinajstić information content (AvgIpc) is 1.72. The fourth-order valence-corrected chi connectivity index (χ4v) is 5.27. The van der Waals surface area contributed by atoms with Crippen molar-refractivity contribution in [2.45, 2.75) is 18.1 Å². The van der Waals surface area contributed by atoms with Gasteiger partial charge in [0.15, 0.2) is 0 Å². The van der Waals surface area contributed by atoms with Crippen LogP contribution in [0.5, 0.6) is 0 Å². The Balaban J connectivity index is 2.26. The molecule has 0 aromatic carbocycles. The monoisotopic (exact) mass is 114 g/mol. The number of hydrogen-bond donors (Lipinski definition) is 0. The second kappa shape index (κ2) is 2.47. The summed E-state index contributed by atoms with van der Waals surface area (Å²) in [5.41, 5.74) is 2.54. The standard InChI is InChI=1S/C4H10Si2/c1-2-6-4-3-5-1/h1,5H,2-4,6H2. The SMILES string of the molecule is C1=[SiH]CC[SiH2]C1. The highest BCUT2D eigenvalue weighted by Gasteiger charge is 1.88. The van der Waals surface area contributed by atoms with Gasteiger partial charge in [-0.15, -0.1) is 5.67 Å². The maximum absolute atomic E-state index is 2.54. The summed E-state index contributed by atoms with van der Waals surface area (Å²) in [4.78, 5) is 0. The molecule has 0 aromatic heterocycles. The first-order valence-corrected chi connectivity index (χ1v) is 6.13. The number of hydrogen-bond acceptors (Lipinski definition) is 0. The molecule has 0 aromatic rings. The lowest BCUT2D eigenvalue weighted by Crippen LogP contribution is -1.99. The molecule has 0 fully saturated rings. The highest BCUT2D eigenvalue weighted by atomic mass is 28.2. The van der Waals surface area contributed by atoms with Crippen molar-refractivity contribution in [3.63, 3.8) is 0 Å². The van der Waals surface area contributed by atoms with E-state index in [-0.39, 0.29) is 0 Å². The lowest BCUT2D eigenvalue weighted by molar-refractivity contribution is 1.41. The molecule has 0 bridgehead atoms. The summed E-state index contributed by atoms with van der Waals surface area (Å²) >= 11 is 0. The third-order valence-corrected chi connectivity index (χ3v) is 5.70. The van der Waals surface area contributed by atoms with E-state index < -0.39 is 0 Å². The molecule has 1 rings (SSSR count). The normalized spacial score (nSPS) is 25.3. The predicted octanol–water partition coefficient (Wildman–Crippen LogP) is -0.338. The van der Waals surface area contributed by atoms with Gasteiger partial charge in [-0.1, -0.05) is 12.1 Å². The Labute approximate surface area is 43.2 Å². The van der Waals surface area contributed by atoms with Gasteiger partial charge in [0.05, 0.1) is 0 Å². The van der Waals surface area contributed by atoms with Crippen LogP contribution in [-0.2, 0) is 0 Å². The first kappa shape index (κ1) is 4.46. The minimum atomic E-state index is 0.474. The smallest absolute Gasteiger partial charge is 0.0234 e. The molecule has 0 N–H and O–H groups in total. The molecular formula is C4H10Si2. The van der Waals surface area contributed by atoms with Crippen LogP contribution in [0.15, 0.2) is 0 Å². The summed E-state index contributed by atoms with van der Waals surface area (Å²) < 4.78 is 0. The van der Waals surface area contributed by atoms with Crippen LogP contribution < -0.4 is 0 Å². The maximum Gasteiger partial charge on any atom is 0.0234 e. The van der Waals surface area contributed by atoms with Crippen LogP contribution in [0.2, 0.25) is 18.1 Å². The van der Waals surface area contributed by atoms with E-state index in [2.05, 4.69) is 5.67 Å². The summed E-state index contributed by atoms with van der Waals surface area (Å²) in [5, 5.41) is 0. The Morgan fingerprint density at radius 2 is 2.67 bits per heavy atom. The molecule has 1 aliphatic heterocycles. The van der Waals surface area contributed by atoms with E-state index in [1.807, 2.05) is 0 Å². The minimum Gasteiger partial charge on any atom is -0.110 e. The predicted molar refractivity (Wildman–Crippen MR) is 36.2 cm³/mol. The summed E-state index contributed by atoms with van der Waals surface area (Å²) in [6, 6.07) is 4.79. The van der Waals surface area contributed by atoms with E-state index in [0.717, 1.165) is 9.13 Å². The van der Waals surface area contributed by atoms with Crippen molar-refractivity contribution < 1.29 is 0 Å². The van der Waals surface area contributed by atoms with Crippen molar-refractivity contribution in [3.05, 3.63) is 0 Å². The van der Waals surface area contributed by atoms with E-state index in [0.29, 0.717) is 9.52 Å². The molecule has 0 nitrogen and oxygen atoms in total. The molecule has 0 saturated heterocycles. The molecule has 0 atom stereocenters. The van der Waals surface area contributed by atoms with Gasteiger partial charge in [-0.25, -0.2) is 0 Å². The third kappa shape index (κ3) is 1.18. The van der Waals surface area contributed by atoms with E-state index in [1.54, 1.807) is 18.1 Å². The fourth-order valence-electron chi connectivity index (χ4n) is 0.760. The Kier molecular flexibility index (Phi) is 1.84. The summed E-state index contributed by atoms with van der Waals surface area (Å²) in [5.74, 6) is 0. The van der Waals surface area contributed by atoms with Crippen LogP contribution in [0.3, 0.4) is 0 Å². The van der Waals surface area contributed by atoms with Crippen LogP contribution in [0.25, 0.3) is 0 Å². The van der Waals surface area contributed by atoms with E-state index >= 15 is 0 Å². The first-order valence-electron chi connectivity index (χ1n) is 2.65. The van der Waals surface area contributed by atoms with E-state index in [1.165, 1.54) is 0 Å². The van der Waals surface area contributed by atoms with Crippen molar-refractivity contribution in [2.24, 2.45) is 0 Å². The van der Waals surface area contributed by atoms with Crippen LogP contribution >= 0.6 is 0 Å². The molecule has 2 heteroatoms. The van der Waals surface area contributed by atoms with Crippen molar-refractivity contribution in [3.8, 4) is 0 Å². The van der Waals surface area contributed by atoms with Gasteiger partial charge in [-0.3, -0.25) is 0 Å². The topological polar surface area (TPSA) is 0 Å². The van der Waals surface area contributed by atoms with Crippen LogP contribution in [0.4, 0.5) is 0 Å². The largest absolute Gasteiger partial charge is 0.110 e. The van der Waals surface area contributed by atoms with Crippen LogP contribution in [0, 0.1) is 0 Å². The summed E-state index contributed by atoms with van der Waals surface area (Å²) in [6.45, 7) is 0. The van der Waals surface area contributed by atoms with Gasteiger partial charge in [0.2, 0.25) is 0 Å². The quantitative estimate of drug-likeness (QED) is 0.378. The van der Waals surface area contributed by atoms with E-state index in [4.69, 9.17) is 0 Å². The van der Waals surface area contributed by atoms with Crippen molar-refractivity contribution in [1.29, 1.82) is 0 Å². The fraction of sp³-hybridized carbons (Fsp3) is 0.750.